The second kappa shape index (κ2) is 7.42. The van der Waals surface area contributed by atoms with E-state index in [1.807, 2.05) is 43.3 Å². The van der Waals surface area contributed by atoms with Crippen molar-refractivity contribution in [2.75, 3.05) is 10.6 Å². The van der Waals surface area contributed by atoms with Crippen LogP contribution in [-0.2, 0) is 4.79 Å². The lowest BCUT2D eigenvalue weighted by Gasteiger charge is -2.07. The summed E-state index contributed by atoms with van der Waals surface area (Å²) in [4.78, 5) is 21.3. The number of nitrogens with zero attached hydrogens (tertiary/aromatic N) is 2. The van der Waals surface area contributed by atoms with Crippen molar-refractivity contribution < 1.29 is 9.90 Å². The third kappa shape index (κ3) is 4.40. The van der Waals surface area contributed by atoms with Crippen molar-refractivity contribution in [3.63, 3.8) is 0 Å². The largest absolute Gasteiger partial charge is 0.384 e. The normalized spacial score (nSPS) is 11.8. The number of anilines is 3. The first-order valence-electron chi connectivity index (χ1n) is 7.77. The van der Waals surface area contributed by atoms with E-state index in [9.17, 15) is 9.90 Å². The highest BCUT2D eigenvalue weighted by molar-refractivity contribution is 7.19. The number of pyridine rings is 2. The Labute approximate surface area is 149 Å². The minimum atomic E-state index is -1.04. The topological polar surface area (TPSA) is 87.1 Å². The molecule has 0 saturated carbocycles. The van der Waals surface area contributed by atoms with Gasteiger partial charge in [-0.15, -0.1) is 11.3 Å². The Morgan fingerprint density at radius 2 is 2.04 bits per heavy atom. The van der Waals surface area contributed by atoms with Crippen molar-refractivity contribution in [3.8, 4) is 10.6 Å². The molecule has 3 rings (SSSR count). The summed E-state index contributed by atoms with van der Waals surface area (Å²) in [5.74, 6) is 1.00. The van der Waals surface area contributed by atoms with E-state index in [2.05, 4.69) is 20.6 Å². The van der Waals surface area contributed by atoms with E-state index in [1.54, 1.807) is 12.3 Å². The van der Waals surface area contributed by atoms with Gasteiger partial charge in [0, 0.05) is 6.20 Å². The molecule has 0 aromatic carbocycles. The van der Waals surface area contributed by atoms with Crippen LogP contribution in [0.25, 0.3) is 10.6 Å². The highest BCUT2D eigenvalue weighted by atomic mass is 32.1. The highest BCUT2D eigenvalue weighted by Crippen LogP contribution is 2.31. The number of nitrogens with one attached hydrogen (secondary N) is 2. The number of aromatic nitrogens is 2. The minimum absolute atomic E-state index is 0.428. The molecule has 0 aliphatic heterocycles. The number of aliphatic hydroxyl groups is 1. The van der Waals surface area contributed by atoms with Crippen LogP contribution in [0.4, 0.5) is 16.6 Å². The van der Waals surface area contributed by atoms with Crippen molar-refractivity contribution in [2.45, 2.75) is 20.0 Å². The molecule has 0 unspecified atom stereocenters. The lowest BCUT2D eigenvalue weighted by molar-refractivity contribution is -0.123. The van der Waals surface area contributed by atoms with Crippen molar-refractivity contribution in [1.82, 2.24) is 9.97 Å². The van der Waals surface area contributed by atoms with Gasteiger partial charge >= 0.3 is 0 Å². The molecule has 0 saturated heterocycles. The van der Waals surface area contributed by atoms with Gasteiger partial charge in [0.15, 0.2) is 0 Å². The summed E-state index contributed by atoms with van der Waals surface area (Å²) < 4.78 is 0. The average molecular weight is 354 g/mol. The summed E-state index contributed by atoms with van der Waals surface area (Å²) >= 11 is 1.40. The van der Waals surface area contributed by atoms with Crippen molar-refractivity contribution in [3.05, 3.63) is 54.2 Å². The zero-order valence-corrected chi connectivity index (χ0v) is 14.7. The van der Waals surface area contributed by atoms with Gasteiger partial charge in [0.1, 0.15) is 17.7 Å². The third-order valence-electron chi connectivity index (χ3n) is 3.40. The molecule has 1 atom stereocenters. The Morgan fingerprint density at radius 1 is 1.20 bits per heavy atom. The molecular weight excluding hydrogens is 336 g/mol. The van der Waals surface area contributed by atoms with Crippen LogP contribution in [0.15, 0.2) is 48.7 Å². The standard InChI is InChI=1S/C18H18N4O2S/c1-11-8-9-19-16(10-11)21-15-5-3-4-13(20-15)14-6-7-17(25-14)22-18(24)12(2)23/h3-10,12,23H,1-2H3,(H,22,24)(H,19,20,21)/t12-/m0/s1. The van der Waals surface area contributed by atoms with Crippen LogP contribution in [0.3, 0.4) is 0 Å². The summed E-state index contributed by atoms with van der Waals surface area (Å²) in [6.07, 6.45) is 0.704. The summed E-state index contributed by atoms with van der Waals surface area (Å²) in [6.45, 7) is 3.44. The highest BCUT2D eigenvalue weighted by Gasteiger charge is 2.11. The fraction of sp³-hybridized carbons (Fsp3) is 0.167. The van der Waals surface area contributed by atoms with E-state index in [-0.39, 0.29) is 0 Å². The molecule has 3 aromatic heterocycles. The van der Waals surface area contributed by atoms with Gasteiger partial charge < -0.3 is 15.7 Å². The van der Waals surface area contributed by atoms with Crippen LogP contribution in [0.2, 0.25) is 0 Å². The van der Waals surface area contributed by atoms with Gasteiger partial charge in [-0.25, -0.2) is 9.97 Å². The smallest absolute Gasteiger partial charge is 0.253 e. The van der Waals surface area contributed by atoms with Gasteiger partial charge in [-0.05, 0) is 55.8 Å². The molecule has 0 aliphatic rings. The van der Waals surface area contributed by atoms with E-state index in [1.165, 1.54) is 18.3 Å². The van der Waals surface area contributed by atoms with Gasteiger partial charge in [0.25, 0.3) is 5.91 Å². The molecule has 3 N–H and O–H groups in total. The maximum Gasteiger partial charge on any atom is 0.253 e. The Bertz CT molecular complexity index is 892. The number of hydrogen-bond donors (Lipinski definition) is 3. The molecule has 0 bridgehead atoms. The maximum atomic E-state index is 11.6. The minimum Gasteiger partial charge on any atom is -0.384 e. The first-order chi connectivity index (χ1) is 12.0. The Hall–Kier alpha value is -2.77. The number of aryl methyl sites for hydroxylation is 1. The molecule has 3 heterocycles. The molecule has 3 aromatic rings. The van der Waals surface area contributed by atoms with E-state index in [4.69, 9.17) is 0 Å². The molecule has 0 fully saturated rings. The monoisotopic (exact) mass is 354 g/mol. The SMILES string of the molecule is Cc1ccnc(Nc2cccc(-c3ccc(NC(=O)[C@H](C)O)s3)n2)c1. The predicted molar refractivity (Wildman–Crippen MR) is 100 cm³/mol. The maximum absolute atomic E-state index is 11.6. The van der Waals surface area contributed by atoms with Gasteiger partial charge in [-0.3, -0.25) is 4.79 Å². The average Bonchev–Trinajstić information content (AvgIpc) is 3.03. The van der Waals surface area contributed by atoms with Crippen LogP contribution in [-0.4, -0.2) is 27.1 Å². The Balaban J connectivity index is 1.77. The lowest BCUT2D eigenvalue weighted by atomic mass is 10.3. The van der Waals surface area contributed by atoms with Crippen LogP contribution in [0.1, 0.15) is 12.5 Å². The van der Waals surface area contributed by atoms with Gasteiger partial charge in [0.2, 0.25) is 0 Å². The van der Waals surface area contributed by atoms with Gasteiger partial charge in [-0.2, -0.15) is 0 Å². The van der Waals surface area contributed by atoms with Crippen molar-refractivity contribution in [2.24, 2.45) is 0 Å². The number of rotatable bonds is 5. The molecular formula is C18H18N4O2S. The molecule has 0 aliphatic carbocycles. The quantitative estimate of drug-likeness (QED) is 0.652. The fourth-order valence-corrected chi connectivity index (χ4v) is 3.02. The fourth-order valence-electron chi connectivity index (χ4n) is 2.15. The van der Waals surface area contributed by atoms with Crippen molar-refractivity contribution in [1.29, 1.82) is 0 Å². The number of amides is 1. The first kappa shape index (κ1) is 17.1. The summed E-state index contributed by atoms with van der Waals surface area (Å²) in [7, 11) is 0. The first-order valence-corrected chi connectivity index (χ1v) is 8.59. The molecule has 6 nitrogen and oxygen atoms in total. The van der Waals surface area contributed by atoms with E-state index < -0.39 is 12.0 Å². The second-order valence-electron chi connectivity index (χ2n) is 5.58. The van der Waals surface area contributed by atoms with Gasteiger partial charge in [-0.1, -0.05) is 6.07 Å². The summed E-state index contributed by atoms with van der Waals surface area (Å²) in [5, 5.41) is 15.8. The Kier molecular flexibility index (Phi) is 5.06. The van der Waals surface area contributed by atoms with Crippen LogP contribution in [0, 0.1) is 6.92 Å². The number of carbonyl (C=O) groups excluding carboxylic acids is 1. The van der Waals surface area contributed by atoms with Crippen LogP contribution < -0.4 is 10.6 Å². The summed E-state index contributed by atoms with van der Waals surface area (Å²) in [6, 6.07) is 13.3. The zero-order chi connectivity index (χ0) is 17.8. The Morgan fingerprint density at radius 3 is 2.80 bits per heavy atom. The van der Waals surface area contributed by atoms with Crippen molar-refractivity contribution >= 4 is 33.9 Å². The molecule has 7 heteroatoms. The third-order valence-corrected chi connectivity index (χ3v) is 4.43. The number of hydrogen-bond acceptors (Lipinski definition) is 6. The molecule has 128 valence electrons. The number of thiophene rings is 1. The number of carbonyl (C=O) groups is 1. The van der Waals surface area contributed by atoms with Crippen LogP contribution in [0.5, 0.6) is 0 Å². The molecule has 0 spiro atoms. The van der Waals surface area contributed by atoms with E-state index in [0.717, 1.165) is 22.0 Å². The van der Waals surface area contributed by atoms with E-state index in [0.29, 0.717) is 10.8 Å². The zero-order valence-electron chi connectivity index (χ0n) is 13.9. The number of aliphatic hydroxyl groups excluding tert-OH is 1. The van der Waals surface area contributed by atoms with Gasteiger partial charge in [0.05, 0.1) is 15.6 Å². The molecule has 0 radical (unpaired) electrons. The summed E-state index contributed by atoms with van der Waals surface area (Å²) in [5.41, 5.74) is 1.91. The van der Waals surface area contributed by atoms with E-state index >= 15 is 0 Å². The molecule has 1 amide bonds. The lowest BCUT2D eigenvalue weighted by Crippen LogP contribution is -2.23. The van der Waals surface area contributed by atoms with Crippen LogP contribution >= 0.6 is 11.3 Å². The molecule has 25 heavy (non-hydrogen) atoms. The predicted octanol–water partition coefficient (Wildman–Crippen LogP) is 3.58. The second-order valence-corrected chi connectivity index (χ2v) is 6.66.